The first kappa shape index (κ1) is 12.6. The third kappa shape index (κ3) is 2.39. The van der Waals surface area contributed by atoms with Crippen molar-refractivity contribution < 1.29 is 4.79 Å². The standard InChI is InChI=1S/C12H8Cl3NO/c1-7(17)11-9-5-3-2-4-8(9)10(6-16-11)12(13,14)15/h2-6H,1H3. The molecular weight excluding hydrogens is 280 g/mol. The lowest BCUT2D eigenvalue weighted by atomic mass is 10.0. The molecule has 0 N–H and O–H groups in total. The number of hydrogen-bond donors (Lipinski definition) is 0. The third-order valence-electron chi connectivity index (χ3n) is 2.43. The Labute approximate surface area is 113 Å². The quantitative estimate of drug-likeness (QED) is 0.579. The summed E-state index contributed by atoms with van der Waals surface area (Å²) >= 11 is 17.6. The summed E-state index contributed by atoms with van der Waals surface area (Å²) in [7, 11) is 0. The number of halogens is 3. The number of alkyl halides is 3. The zero-order valence-electron chi connectivity index (χ0n) is 8.88. The maximum Gasteiger partial charge on any atom is 0.218 e. The third-order valence-corrected chi connectivity index (χ3v) is 3.04. The second-order valence-corrected chi connectivity index (χ2v) is 5.90. The second kappa shape index (κ2) is 4.45. The van der Waals surface area contributed by atoms with Gasteiger partial charge in [-0.3, -0.25) is 9.78 Å². The van der Waals surface area contributed by atoms with Gasteiger partial charge in [-0.2, -0.15) is 0 Å². The number of carbonyl (C=O) groups excluding carboxylic acids is 1. The lowest BCUT2D eigenvalue weighted by molar-refractivity contribution is 0.101. The Bertz CT molecular complexity index is 590. The highest BCUT2D eigenvalue weighted by Gasteiger charge is 2.26. The van der Waals surface area contributed by atoms with Gasteiger partial charge in [0.2, 0.25) is 3.79 Å². The van der Waals surface area contributed by atoms with Crippen LogP contribution in [-0.2, 0) is 3.79 Å². The molecule has 2 aromatic rings. The Morgan fingerprint density at radius 1 is 1.18 bits per heavy atom. The van der Waals surface area contributed by atoms with Crippen molar-refractivity contribution in [3.8, 4) is 0 Å². The molecule has 2 rings (SSSR count). The first-order valence-corrected chi connectivity index (χ1v) is 6.00. The molecule has 0 aliphatic rings. The van der Waals surface area contributed by atoms with Gasteiger partial charge >= 0.3 is 0 Å². The van der Waals surface area contributed by atoms with Gasteiger partial charge in [-0.05, 0) is 5.39 Å². The van der Waals surface area contributed by atoms with Crippen LogP contribution in [0.4, 0.5) is 0 Å². The highest BCUT2D eigenvalue weighted by Crippen LogP contribution is 2.41. The smallest absolute Gasteiger partial charge is 0.218 e. The zero-order chi connectivity index (χ0) is 12.6. The molecule has 0 atom stereocenters. The fraction of sp³-hybridized carbons (Fsp3) is 0.167. The SMILES string of the molecule is CC(=O)c1ncc(C(Cl)(Cl)Cl)c2ccccc12. The van der Waals surface area contributed by atoms with Crippen molar-refractivity contribution in [1.29, 1.82) is 0 Å². The van der Waals surface area contributed by atoms with Crippen LogP contribution < -0.4 is 0 Å². The first-order chi connectivity index (χ1) is 7.91. The van der Waals surface area contributed by atoms with Crippen LogP contribution in [-0.4, -0.2) is 10.8 Å². The topological polar surface area (TPSA) is 30.0 Å². The van der Waals surface area contributed by atoms with Crippen molar-refractivity contribution in [2.75, 3.05) is 0 Å². The molecule has 17 heavy (non-hydrogen) atoms. The molecule has 5 heteroatoms. The molecule has 0 saturated heterocycles. The Morgan fingerprint density at radius 2 is 1.76 bits per heavy atom. The molecule has 1 aromatic carbocycles. The number of pyridine rings is 1. The normalized spacial score (nSPS) is 11.8. The summed E-state index contributed by atoms with van der Waals surface area (Å²) < 4.78 is -1.55. The van der Waals surface area contributed by atoms with Crippen LogP contribution in [0.25, 0.3) is 10.8 Å². The molecule has 0 spiro atoms. The van der Waals surface area contributed by atoms with Crippen molar-refractivity contribution in [1.82, 2.24) is 4.98 Å². The van der Waals surface area contributed by atoms with Gasteiger partial charge in [-0.25, -0.2) is 0 Å². The van der Waals surface area contributed by atoms with Crippen molar-refractivity contribution in [2.24, 2.45) is 0 Å². The summed E-state index contributed by atoms with van der Waals surface area (Å²) in [6.45, 7) is 1.46. The summed E-state index contributed by atoms with van der Waals surface area (Å²) in [5, 5.41) is 1.43. The van der Waals surface area contributed by atoms with Crippen LogP contribution in [0.1, 0.15) is 23.0 Å². The minimum absolute atomic E-state index is 0.114. The minimum Gasteiger partial charge on any atom is -0.293 e. The molecule has 1 aromatic heterocycles. The molecular formula is C12H8Cl3NO. The Morgan fingerprint density at radius 3 is 2.29 bits per heavy atom. The number of ketones is 1. The molecule has 0 aliphatic carbocycles. The summed E-state index contributed by atoms with van der Waals surface area (Å²) in [5.41, 5.74) is 0.863. The molecule has 0 bridgehead atoms. The van der Waals surface area contributed by atoms with Crippen molar-refractivity contribution >= 4 is 51.4 Å². The van der Waals surface area contributed by atoms with Gasteiger partial charge in [0.05, 0.1) is 0 Å². The van der Waals surface area contributed by atoms with Gasteiger partial charge in [0, 0.05) is 24.1 Å². The van der Waals surface area contributed by atoms with Gasteiger partial charge in [-0.15, -0.1) is 0 Å². The van der Waals surface area contributed by atoms with Gasteiger partial charge in [0.15, 0.2) is 5.78 Å². The van der Waals surface area contributed by atoms with E-state index >= 15 is 0 Å². The van der Waals surface area contributed by atoms with Crippen molar-refractivity contribution in [3.05, 3.63) is 41.7 Å². The molecule has 0 radical (unpaired) electrons. The predicted octanol–water partition coefficient (Wildman–Crippen LogP) is 4.26. The first-order valence-electron chi connectivity index (χ1n) is 4.87. The summed E-state index contributed by atoms with van der Waals surface area (Å²) in [6, 6.07) is 7.24. The number of hydrogen-bond acceptors (Lipinski definition) is 2. The molecule has 0 aliphatic heterocycles. The monoisotopic (exact) mass is 287 g/mol. The molecule has 88 valence electrons. The molecule has 0 amide bonds. The van der Waals surface area contributed by atoms with E-state index in [0.29, 0.717) is 16.6 Å². The average Bonchev–Trinajstić information content (AvgIpc) is 2.26. The fourth-order valence-electron chi connectivity index (χ4n) is 1.70. The predicted molar refractivity (Wildman–Crippen MR) is 71.0 cm³/mol. The summed E-state index contributed by atoms with van der Waals surface area (Å²) in [4.78, 5) is 15.5. The van der Waals surface area contributed by atoms with Gasteiger partial charge < -0.3 is 0 Å². The Hall–Kier alpha value is -0.830. The number of benzene rings is 1. The zero-order valence-corrected chi connectivity index (χ0v) is 11.1. The lowest BCUT2D eigenvalue weighted by Crippen LogP contribution is -2.06. The lowest BCUT2D eigenvalue weighted by Gasteiger charge is -2.14. The molecule has 2 nitrogen and oxygen atoms in total. The van der Waals surface area contributed by atoms with E-state index in [9.17, 15) is 4.79 Å². The van der Waals surface area contributed by atoms with E-state index in [-0.39, 0.29) is 5.78 Å². The second-order valence-electron chi connectivity index (χ2n) is 3.62. The van der Waals surface area contributed by atoms with E-state index in [2.05, 4.69) is 4.98 Å². The van der Waals surface area contributed by atoms with E-state index < -0.39 is 3.79 Å². The highest BCUT2D eigenvalue weighted by atomic mass is 35.6. The Kier molecular flexibility index (Phi) is 3.30. The number of fused-ring (bicyclic) bond motifs is 1. The fourth-order valence-corrected chi connectivity index (χ4v) is 2.15. The molecule has 0 unspecified atom stereocenters. The number of nitrogens with zero attached hydrogens (tertiary/aromatic N) is 1. The molecule has 0 saturated carbocycles. The largest absolute Gasteiger partial charge is 0.293 e. The molecule has 1 heterocycles. The van der Waals surface area contributed by atoms with E-state index in [1.54, 1.807) is 12.1 Å². The number of rotatable bonds is 1. The summed E-state index contributed by atoms with van der Waals surface area (Å²) in [5.74, 6) is -0.114. The van der Waals surface area contributed by atoms with Crippen LogP contribution in [0.3, 0.4) is 0 Å². The number of aromatic nitrogens is 1. The minimum atomic E-state index is -1.55. The van der Waals surface area contributed by atoms with E-state index in [1.807, 2.05) is 12.1 Å². The van der Waals surface area contributed by atoms with Gasteiger partial charge in [-0.1, -0.05) is 59.1 Å². The van der Waals surface area contributed by atoms with Crippen LogP contribution in [0.5, 0.6) is 0 Å². The van der Waals surface area contributed by atoms with Crippen LogP contribution in [0.15, 0.2) is 30.5 Å². The average molecular weight is 289 g/mol. The highest BCUT2D eigenvalue weighted by molar-refractivity contribution is 6.67. The summed E-state index contributed by atoms with van der Waals surface area (Å²) in [6.07, 6.45) is 1.44. The van der Waals surface area contributed by atoms with Gasteiger partial charge in [0.25, 0.3) is 0 Å². The molecule has 0 fully saturated rings. The van der Waals surface area contributed by atoms with Crippen LogP contribution in [0.2, 0.25) is 0 Å². The van der Waals surface area contributed by atoms with Crippen LogP contribution in [0, 0.1) is 0 Å². The van der Waals surface area contributed by atoms with E-state index in [0.717, 1.165) is 5.39 Å². The maximum absolute atomic E-state index is 11.5. The van der Waals surface area contributed by atoms with Crippen LogP contribution >= 0.6 is 34.8 Å². The van der Waals surface area contributed by atoms with E-state index in [4.69, 9.17) is 34.8 Å². The number of Topliss-reactive ketones (excluding diaryl/α,β-unsaturated/α-hetero) is 1. The maximum atomic E-state index is 11.5. The number of carbonyl (C=O) groups is 1. The van der Waals surface area contributed by atoms with Crippen molar-refractivity contribution in [3.63, 3.8) is 0 Å². The van der Waals surface area contributed by atoms with E-state index in [1.165, 1.54) is 13.1 Å². The van der Waals surface area contributed by atoms with Crippen molar-refractivity contribution in [2.45, 2.75) is 10.7 Å². The van der Waals surface area contributed by atoms with Gasteiger partial charge in [0.1, 0.15) is 5.69 Å². The Balaban J connectivity index is 2.85.